The zero-order valence-corrected chi connectivity index (χ0v) is 13.7. The van der Waals surface area contributed by atoms with Gasteiger partial charge in [0.2, 0.25) is 0 Å². The number of nitrogens with zero attached hydrogens (tertiary/aromatic N) is 1. The fourth-order valence-electron chi connectivity index (χ4n) is 2.36. The van der Waals surface area contributed by atoms with E-state index in [9.17, 15) is 0 Å². The summed E-state index contributed by atoms with van der Waals surface area (Å²) in [4.78, 5) is 4.86. The van der Waals surface area contributed by atoms with Crippen molar-refractivity contribution < 1.29 is 0 Å². The zero-order chi connectivity index (χ0) is 13.2. The lowest BCUT2D eigenvalue weighted by atomic mass is 10.2. The van der Waals surface area contributed by atoms with Gasteiger partial charge in [-0.05, 0) is 37.8 Å². The maximum Gasteiger partial charge on any atom is 0.108 e. The van der Waals surface area contributed by atoms with Gasteiger partial charge in [0.1, 0.15) is 7.22 Å². The summed E-state index contributed by atoms with van der Waals surface area (Å²) in [5.74, 6) is 0. The third-order valence-electron chi connectivity index (χ3n) is 3.13. The minimum atomic E-state index is -0.993. The largest absolute Gasteiger partial charge is 0.258 e. The first-order valence-electron chi connectivity index (χ1n) is 6.74. The summed E-state index contributed by atoms with van der Waals surface area (Å²) in [6.45, 7) is 9.46. The Labute approximate surface area is 116 Å². The van der Waals surface area contributed by atoms with Crippen LogP contribution in [0.5, 0.6) is 0 Å². The van der Waals surface area contributed by atoms with Gasteiger partial charge in [0.15, 0.2) is 0 Å². The van der Waals surface area contributed by atoms with Crippen LogP contribution in [0.4, 0.5) is 5.69 Å². The number of para-hydroxylation sites is 1. The highest BCUT2D eigenvalue weighted by Crippen LogP contribution is 2.35. The molecule has 2 rings (SSSR count). The highest BCUT2D eigenvalue weighted by Gasteiger charge is 2.26. The van der Waals surface area contributed by atoms with Gasteiger partial charge >= 0.3 is 0 Å². The Morgan fingerprint density at radius 1 is 1.22 bits per heavy atom. The molecule has 0 heterocycles. The van der Waals surface area contributed by atoms with E-state index in [2.05, 4.69) is 62.0 Å². The molecule has 1 unspecified atom stereocenters. The van der Waals surface area contributed by atoms with Crippen molar-refractivity contribution in [3.05, 3.63) is 29.8 Å². The number of hydrogen-bond donors (Lipinski definition) is 0. The van der Waals surface area contributed by atoms with E-state index in [1.54, 1.807) is 0 Å². The molecule has 0 aromatic heterocycles. The van der Waals surface area contributed by atoms with Gasteiger partial charge in [0.05, 0.1) is 5.69 Å². The maximum absolute atomic E-state index is 4.86. The number of benzene rings is 1. The Morgan fingerprint density at radius 3 is 2.61 bits per heavy atom. The lowest BCUT2D eigenvalue weighted by Gasteiger charge is -2.19. The van der Waals surface area contributed by atoms with Crippen LogP contribution in [0, 0.1) is 6.92 Å². The van der Waals surface area contributed by atoms with E-state index < -0.39 is 7.22 Å². The summed E-state index contributed by atoms with van der Waals surface area (Å²) in [5.41, 5.74) is 3.84. The number of rotatable bonds is 3. The van der Waals surface area contributed by atoms with E-state index in [0.29, 0.717) is 0 Å². The third-order valence-corrected chi connectivity index (χ3v) is 7.70. The topological polar surface area (TPSA) is 12.4 Å². The van der Waals surface area contributed by atoms with Gasteiger partial charge in [-0.3, -0.25) is 4.99 Å². The Hall–Kier alpha value is -0.543. The fraction of sp³-hybridized carbons (Fsp3) is 0.533. The SMILES string of the molecule is Cc1ccccc1N=C1CCC(S[Si](C)(C)C)C1. The predicted molar refractivity (Wildman–Crippen MR) is 86.9 cm³/mol. The molecular weight excluding hydrogens is 254 g/mol. The van der Waals surface area contributed by atoms with Crippen molar-refractivity contribution in [2.24, 2.45) is 4.99 Å². The molecule has 0 saturated heterocycles. The van der Waals surface area contributed by atoms with Crippen LogP contribution in [0.15, 0.2) is 29.3 Å². The van der Waals surface area contributed by atoms with Crippen molar-refractivity contribution in [3.63, 3.8) is 0 Å². The van der Waals surface area contributed by atoms with Gasteiger partial charge in [-0.2, -0.15) is 11.2 Å². The molecule has 18 heavy (non-hydrogen) atoms. The van der Waals surface area contributed by atoms with Crippen molar-refractivity contribution in [2.75, 3.05) is 0 Å². The number of hydrogen-bond acceptors (Lipinski definition) is 2. The molecule has 0 N–H and O–H groups in total. The molecule has 1 aromatic carbocycles. The molecular formula is C15H23NSSi. The van der Waals surface area contributed by atoms with Crippen LogP contribution < -0.4 is 0 Å². The second-order valence-electron chi connectivity index (χ2n) is 6.06. The van der Waals surface area contributed by atoms with Crippen LogP contribution in [-0.4, -0.2) is 18.2 Å². The molecule has 1 nitrogen and oxygen atoms in total. The summed E-state index contributed by atoms with van der Waals surface area (Å²) in [5, 5.41) is 0.819. The van der Waals surface area contributed by atoms with Gasteiger partial charge in [0, 0.05) is 11.0 Å². The molecule has 1 aromatic rings. The highest BCUT2D eigenvalue weighted by atomic mass is 32.4. The normalized spacial score (nSPS) is 22.7. The van der Waals surface area contributed by atoms with Crippen LogP contribution in [0.1, 0.15) is 24.8 Å². The van der Waals surface area contributed by atoms with E-state index >= 15 is 0 Å². The minimum absolute atomic E-state index is 0.819. The molecule has 1 aliphatic rings. The molecule has 1 atom stereocenters. The van der Waals surface area contributed by atoms with Crippen molar-refractivity contribution >= 4 is 29.8 Å². The van der Waals surface area contributed by atoms with E-state index in [1.165, 1.54) is 30.5 Å². The lowest BCUT2D eigenvalue weighted by Crippen LogP contribution is -2.18. The first-order chi connectivity index (χ1) is 8.44. The summed E-state index contributed by atoms with van der Waals surface area (Å²) < 4.78 is 0. The van der Waals surface area contributed by atoms with Crippen LogP contribution in [0.25, 0.3) is 0 Å². The van der Waals surface area contributed by atoms with Crippen LogP contribution in [-0.2, 0) is 0 Å². The molecule has 0 bridgehead atoms. The van der Waals surface area contributed by atoms with Gasteiger partial charge in [-0.1, -0.05) is 37.8 Å². The average molecular weight is 278 g/mol. The summed E-state index contributed by atoms with van der Waals surface area (Å²) in [6, 6.07) is 8.43. The van der Waals surface area contributed by atoms with Crippen molar-refractivity contribution in [3.8, 4) is 0 Å². The molecule has 1 fully saturated rings. The van der Waals surface area contributed by atoms with Crippen molar-refractivity contribution in [1.82, 2.24) is 0 Å². The molecule has 1 saturated carbocycles. The van der Waals surface area contributed by atoms with E-state index in [1.807, 2.05) is 0 Å². The Balaban J connectivity index is 2.03. The summed E-state index contributed by atoms with van der Waals surface area (Å²) >= 11 is 2.24. The number of aliphatic imine (C=N–C) groups is 1. The Bertz CT molecular complexity index is 448. The highest BCUT2D eigenvalue weighted by molar-refractivity contribution is 8.29. The van der Waals surface area contributed by atoms with Crippen LogP contribution in [0.3, 0.4) is 0 Å². The first kappa shape index (κ1) is 13.9. The van der Waals surface area contributed by atoms with Crippen molar-refractivity contribution in [2.45, 2.75) is 51.1 Å². The zero-order valence-electron chi connectivity index (χ0n) is 11.9. The van der Waals surface area contributed by atoms with E-state index in [4.69, 9.17) is 4.99 Å². The van der Waals surface area contributed by atoms with E-state index in [0.717, 1.165) is 10.9 Å². The Morgan fingerprint density at radius 2 is 1.94 bits per heavy atom. The summed E-state index contributed by atoms with van der Waals surface area (Å²) in [7, 11) is -0.993. The molecule has 3 heteroatoms. The second-order valence-corrected chi connectivity index (χ2v) is 15.6. The van der Waals surface area contributed by atoms with Crippen LogP contribution in [0.2, 0.25) is 19.6 Å². The lowest BCUT2D eigenvalue weighted by molar-refractivity contribution is 0.911. The van der Waals surface area contributed by atoms with Gasteiger partial charge in [-0.25, -0.2) is 0 Å². The molecule has 0 radical (unpaired) electrons. The number of aryl methyl sites for hydroxylation is 1. The molecule has 1 aliphatic carbocycles. The first-order valence-corrected chi connectivity index (χ1v) is 11.8. The molecule has 0 amide bonds. The van der Waals surface area contributed by atoms with Gasteiger partial charge in [-0.15, -0.1) is 0 Å². The monoisotopic (exact) mass is 277 g/mol. The maximum atomic E-state index is 4.86. The summed E-state index contributed by atoms with van der Waals surface area (Å²) in [6.07, 6.45) is 3.71. The molecule has 98 valence electrons. The average Bonchev–Trinajstić information content (AvgIpc) is 2.66. The molecule has 0 aliphatic heterocycles. The Kier molecular flexibility index (Phi) is 4.33. The van der Waals surface area contributed by atoms with E-state index in [-0.39, 0.29) is 0 Å². The third kappa shape index (κ3) is 3.99. The smallest absolute Gasteiger partial charge is 0.108 e. The predicted octanol–water partition coefficient (Wildman–Crippen LogP) is 5.19. The quantitative estimate of drug-likeness (QED) is 0.693. The fourth-order valence-corrected chi connectivity index (χ4v) is 7.47. The minimum Gasteiger partial charge on any atom is -0.258 e. The standard InChI is InChI=1S/C15H23NSSi/c1-12-7-5-6-8-15(12)16-13-9-10-14(11-13)17-18(2,3)4/h5-8,14H,9-11H2,1-4H3. The van der Waals surface area contributed by atoms with Gasteiger partial charge < -0.3 is 0 Å². The molecule has 0 spiro atoms. The van der Waals surface area contributed by atoms with Gasteiger partial charge in [0.25, 0.3) is 0 Å². The van der Waals surface area contributed by atoms with Crippen LogP contribution >= 0.6 is 11.2 Å². The second kappa shape index (κ2) is 5.62. The van der Waals surface area contributed by atoms with Crippen molar-refractivity contribution in [1.29, 1.82) is 0 Å².